The van der Waals surface area contributed by atoms with Gasteiger partial charge < -0.3 is 5.73 Å². The van der Waals surface area contributed by atoms with Gasteiger partial charge in [-0.2, -0.15) is 5.10 Å². The molecule has 1 heterocycles. The van der Waals surface area contributed by atoms with Crippen LogP contribution in [0.15, 0.2) is 0 Å². The molecule has 3 N–H and O–H groups in total. The van der Waals surface area contributed by atoms with E-state index < -0.39 is 0 Å². The lowest BCUT2D eigenvalue weighted by Crippen LogP contribution is -2.11. The first-order valence-electron chi connectivity index (χ1n) is 4.86. The zero-order chi connectivity index (χ0) is 9.68. The van der Waals surface area contributed by atoms with E-state index >= 15 is 0 Å². The second-order valence-corrected chi connectivity index (χ2v) is 3.43. The van der Waals surface area contributed by atoms with Crippen molar-refractivity contribution < 1.29 is 0 Å². The SMILES string of the molecule is CCc1n[nH]c(CCC(C)CN)n1. The number of nitrogens with two attached hydrogens (primary N) is 1. The van der Waals surface area contributed by atoms with E-state index in [0.717, 1.165) is 37.5 Å². The Bertz CT molecular complexity index is 244. The van der Waals surface area contributed by atoms with Gasteiger partial charge in [0.15, 0.2) is 0 Å². The fraction of sp³-hybridized carbons (Fsp3) is 0.778. The molecule has 0 bridgehead atoms. The molecule has 0 aromatic carbocycles. The van der Waals surface area contributed by atoms with Crippen molar-refractivity contribution in [2.45, 2.75) is 33.1 Å². The maximum absolute atomic E-state index is 5.52. The zero-order valence-electron chi connectivity index (χ0n) is 8.38. The Morgan fingerprint density at radius 2 is 2.31 bits per heavy atom. The highest BCUT2D eigenvalue weighted by atomic mass is 15.2. The van der Waals surface area contributed by atoms with Crippen LogP contribution in [0.5, 0.6) is 0 Å². The van der Waals surface area contributed by atoms with Gasteiger partial charge in [-0.05, 0) is 18.9 Å². The van der Waals surface area contributed by atoms with Gasteiger partial charge in [-0.1, -0.05) is 13.8 Å². The Balaban J connectivity index is 2.36. The number of nitrogens with zero attached hydrogens (tertiary/aromatic N) is 2. The molecule has 0 saturated heterocycles. The highest BCUT2D eigenvalue weighted by molar-refractivity contribution is 4.90. The van der Waals surface area contributed by atoms with Crippen molar-refractivity contribution >= 4 is 0 Å². The summed E-state index contributed by atoms with van der Waals surface area (Å²) in [6, 6.07) is 0. The highest BCUT2D eigenvalue weighted by Crippen LogP contribution is 2.04. The Hall–Kier alpha value is -0.900. The molecular weight excluding hydrogens is 164 g/mol. The number of aryl methyl sites for hydroxylation is 2. The van der Waals surface area contributed by atoms with E-state index in [4.69, 9.17) is 5.73 Å². The normalized spacial score (nSPS) is 13.2. The van der Waals surface area contributed by atoms with E-state index in [0.29, 0.717) is 5.92 Å². The Morgan fingerprint density at radius 3 is 2.85 bits per heavy atom. The predicted molar refractivity (Wildman–Crippen MR) is 52.3 cm³/mol. The van der Waals surface area contributed by atoms with Crippen LogP contribution in [0.3, 0.4) is 0 Å². The second-order valence-electron chi connectivity index (χ2n) is 3.43. The lowest BCUT2D eigenvalue weighted by molar-refractivity contribution is 0.536. The van der Waals surface area contributed by atoms with Gasteiger partial charge in [0.25, 0.3) is 0 Å². The number of nitrogens with one attached hydrogen (secondary N) is 1. The summed E-state index contributed by atoms with van der Waals surface area (Å²) in [6.07, 6.45) is 2.92. The monoisotopic (exact) mass is 182 g/mol. The Morgan fingerprint density at radius 1 is 1.54 bits per heavy atom. The standard InChI is InChI=1S/C9H18N4/c1-3-8-11-9(13-12-8)5-4-7(2)6-10/h7H,3-6,10H2,1-2H3,(H,11,12,13). The number of aromatic amines is 1. The van der Waals surface area contributed by atoms with E-state index in [1.807, 2.05) is 0 Å². The number of hydrogen-bond acceptors (Lipinski definition) is 3. The Kier molecular flexibility index (Phi) is 3.89. The molecule has 0 aliphatic carbocycles. The van der Waals surface area contributed by atoms with Crippen LogP contribution < -0.4 is 5.73 Å². The molecule has 0 saturated carbocycles. The van der Waals surface area contributed by atoms with Crippen LogP contribution in [0, 0.1) is 5.92 Å². The van der Waals surface area contributed by atoms with Crippen LogP contribution in [0.25, 0.3) is 0 Å². The minimum atomic E-state index is 0.565. The average molecular weight is 182 g/mol. The molecule has 1 rings (SSSR count). The molecule has 1 aromatic heterocycles. The summed E-state index contributed by atoms with van der Waals surface area (Å²) in [5.41, 5.74) is 5.52. The molecule has 0 radical (unpaired) electrons. The predicted octanol–water partition coefficient (Wildman–Crippen LogP) is 0.894. The van der Waals surface area contributed by atoms with Crippen LogP contribution in [0.1, 0.15) is 31.9 Å². The molecule has 0 spiro atoms. The summed E-state index contributed by atoms with van der Waals surface area (Å²) in [6.45, 7) is 4.95. The van der Waals surface area contributed by atoms with Crippen molar-refractivity contribution in [3.63, 3.8) is 0 Å². The summed E-state index contributed by atoms with van der Waals surface area (Å²) in [7, 11) is 0. The lowest BCUT2D eigenvalue weighted by Gasteiger charge is -2.04. The third kappa shape index (κ3) is 3.14. The van der Waals surface area contributed by atoms with Crippen molar-refractivity contribution in [3.8, 4) is 0 Å². The van der Waals surface area contributed by atoms with E-state index in [9.17, 15) is 0 Å². The van der Waals surface area contributed by atoms with Crippen LogP contribution in [0.2, 0.25) is 0 Å². The molecule has 0 amide bonds. The topological polar surface area (TPSA) is 67.6 Å². The maximum Gasteiger partial charge on any atom is 0.150 e. The first-order chi connectivity index (χ1) is 6.26. The smallest absolute Gasteiger partial charge is 0.150 e. The molecule has 1 atom stereocenters. The fourth-order valence-electron chi connectivity index (χ4n) is 1.11. The third-order valence-corrected chi connectivity index (χ3v) is 2.17. The van der Waals surface area contributed by atoms with E-state index in [-0.39, 0.29) is 0 Å². The van der Waals surface area contributed by atoms with Gasteiger partial charge in [-0.15, -0.1) is 0 Å². The quantitative estimate of drug-likeness (QED) is 0.710. The number of aromatic nitrogens is 3. The molecular formula is C9H18N4. The van der Waals surface area contributed by atoms with Gasteiger partial charge in [0.05, 0.1) is 0 Å². The maximum atomic E-state index is 5.52. The molecule has 0 aliphatic heterocycles. The zero-order valence-corrected chi connectivity index (χ0v) is 8.38. The van der Waals surface area contributed by atoms with Crippen molar-refractivity contribution in [1.82, 2.24) is 15.2 Å². The van der Waals surface area contributed by atoms with E-state index in [2.05, 4.69) is 29.0 Å². The first kappa shape index (κ1) is 10.2. The van der Waals surface area contributed by atoms with Gasteiger partial charge in [0.2, 0.25) is 0 Å². The number of rotatable bonds is 5. The van der Waals surface area contributed by atoms with E-state index in [1.165, 1.54) is 0 Å². The molecule has 4 nitrogen and oxygen atoms in total. The van der Waals surface area contributed by atoms with Crippen molar-refractivity contribution in [1.29, 1.82) is 0 Å². The minimum Gasteiger partial charge on any atom is -0.330 e. The van der Waals surface area contributed by atoms with Crippen LogP contribution in [0.4, 0.5) is 0 Å². The minimum absolute atomic E-state index is 0.565. The lowest BCUT2D eigenvalue weighted by atomic mass is 10.1. The van der Waals surface area contributed by atoms with Gasteiger partial charge >= 0.3 is 0 Å². The van der Waals surface area contributed by atoms with Gasteiger partial charge in [-0.25, -0.2) is 4.98 Å². The average Bonchev–Trinajstić information content (AvgIpc) is 2.61. The van der Waals surface area contributed by atoms with Crippen molar-refractivity contribution in [3.05, 3.63) is 11.6 Å². The molecule has 4 heteroatoms. The number of H-pyrrole nitrogens is 1. The molecule has 74 valence electrons. The summed E-state index contributed by atoms with van der Waals surface area (Å²) in [4.78, 5) is 4.33. The fourth-order valence-corrected chi connectivity index (χ4v) is 1.11. The third-order valence-electron chi connectivity index (χ3n) is 2.17. The second kappa shape index (κ2) is 4.97. The number of hydrogen-bond donors (Lipinski definition) is 2. The van der Waals surface area contributed by atoms with Gasteiger partial charge in [0, 0.05) is 12.8 Å². The van der Waals surface area contributed by atoms with Crippen molar-refractivity contribution in [2.75, 3.05) is 6.54 Å². The van der Waals surface area contributed by atoms with Crippen molar-refractivity contribution in [2.24, 2.45) is 11.7 Å². The molecule has 1 unspecified atom stereocenters. The summed E-state index contributed by atoms with van der Waals surface area (Å²) < 4.78 is 0. The molecule has 1 aromatic rings. The van der Waals surface area contributed by atoms with Crippen LogP contribution in [-0.2, 0) is 12.8 Å². The summed E-state index contributed by atoms with van der Waals surface area (Å²) >= 11 is 0. The van der Waals surface area contributed by atoms with Crippen LogP contribution in [-0.4, -0.2) is 21.7 Å². The summed E-state index contributed by atoms with van der Waals surface area (Å²) in [5.74, 6) is 2.45. The van der Waals surface area contributed by atoms with E-state index in [1.54, 1.807) is 0 Å². The Labute approximate surface area is 78.9 Å². The van der Waals surface area contributed by atoms with Crippen LogP contribution >= 0.6 is 0 Å². The largest absolute Gasteiger partial charge is 0.330 e. The van der Waals surface area contributed by atoms with Gasteiger partial charge in [0.1, 0.15) is 11.6 Å². The van der Waals surface area contributed by atoms with Gasteiger partial charge in [-0.3, -0.25) is 5.10 Å². The summed E-state index contributed by atoms with van der Waals surface area (Å²) in [5, 5.41) is 7.01. The molecule has 13 heavy (non-hydrogen) atoms. The molecule has 0 aliphatic rings. The first-order valence-corrected chi connectivity index (χ1v) is 4.86. The molecule has 0 fully saturated rings. The highest BCUT2D eigenvalue weighted by Gasteiger charge is 2.03.